The van der Waals surface area contributed by atoms with Crippen molar-refractivity contribution in [2.75, 3.05) is 19.0 Å². The largest absolute Gasteiger partial charge is 0.496 e. The van der Waals surface area contributed by atoms with E-state index in [2.05, 4.69) is 50.9 Å². The third-order valence-electron chi connectivity index (χ3n) is 4.99. The molecule has 0 amide bonds. The summed E-state index contributed by atoms with van der Waals surface area (Å²) < 4.78 is 17.9. The highest BCUT2D eigenvalue weighted by Crippen LogP contribution is 2.52. The highest BCUT2D eigenvalue weighted by atomic mass is 16.7. The Morgan fingerprint density at radius 2 is 2.04 bits per heavy atom. The van der Waals surface area contributed by atoms with Gasteiger partial charge in [-0.1, -0.05) is 24.3 Å². The number of benzene rings is 2. The summed E-state index contributed by atoms with van der Waals surface area (Å²) in [6, 6.07) is 10.1. The fourth-order valence-corrected chi connectivity index (χ4v) is 4.10. The number of rotatable bonds is 4. The Morgan fingerprint density at radius 3 is 2.78 bits per heavy atom. The Morgan fingerprint density at radius 1 is 1.22 bits per heavy atom. The maximum atomic E-state index is 6.26. The van der Waals surface area contributed by atoms with Crippen LogP contribution in [0.2, 0.25) is 0 Å². The molecule has 4 rings (SSSR count). The van der Waals surface area contributed by atoms with Gasteiger partial charge in [-0.05, 0) is 50.1 Å². The van der Waals surface area contributed by atoms with Crippen LogP contribution in [0.1, 0.15) is 38.2 Å². The minimum atomic E-state index is -0.501. The second kappa shape index (κ2) is 6.46. The van der Waals surface area contributed by atoms with Crippen LogP contribution in [0.5, 0.6) is 11.5 Å². The van der Waals surface area contributed by atoms with Gasteiger partial charge in [-0.3, -0.25) is 0 Å². The van der Waals surface area contributed by atoms with Crippen LogP contribution in [-0.4, -0.2) is 19.3 Å². The first-order chi connectivity index (χ1) is 12.9. The van der Waals surface area contributed by atoms with Crippen molar-refractivity contribution in [3.63, 3.8) is 0 Å². The molecule has 27 heavy (non-hydrogen) atoms. The molecule has 0 saturated carbocycles. The molecule has 0 saturated heterocycles. The lowest BCUT2D eigenvalue weighted by Gasteiger charge is -2.37. The monoisotopic (exact) mass is 363 g/mol. The van der Waals surface area contributed by atoms with Crippen molar-refractivity contribution in [3.05, 3.63) is 60.2 Å². The zero-order valence-corrected chi connectivity index (χ0v) is 16.3. The van der Waals surface area contributed by atoms with Crippen LogP contribution in [0.4, 0.5) is 5.69 Å². The van der Waals surface area contributed by atoms with Gasteiger partial charge < -0.3 is 19.5 Å². The summed E-state index contributed by atoms with van der Waals surface area (Å²) in [4.78, 5) is 0. The summed E-state index contributed by atoms with van der Waals surface area (Å²) in [7, 11) is 1.68. The van der Waals surface area contributed by atoms with Gasteiger partial charge in [0.1, 0.15) is 11.5 Å². The van der Waals surface area contributed by atoms with Crippen molar-refractivity contribution >= 4 is 11.3 Å². The van der Waals surface area contributed by atoms with E-state index in [9.17, 15) is 0 Å². The molecule has 0 radical (unpaired) electrons. The van der Waals surface area contributed by atoms with E-state index in [4.69, 9.17) is 14.2 Å². The molecule has 1 unspecified atom stereocenters. The van der Waals surface area contributed by atoms with Crippen LogP contribution in [0.15, 0.2) is 49.1 Å². The smallest absolute Gasteiger partial charge is 0.228 e. The molecule has 0 fully saturated rings. The van der Waals surface area contributed by atoms with Crippen molar-refractivity contribution in [1.29, 1.82) is 0 Å². The number of hydrogen-bond donors (Lipinski definition) is 1. The molecule has 2 aromatic carbocycles. The van der Waals surface area contributed by atoms with Crippen LogP contribution in [-0.2, 0) is 4.74 Å². The molecule has 0 aromatic heterocycles. The summed E-state index contributed by atoms with van der Waals surface area (Å²) in [5, 5.41) is 3.61. The van der Waals surface area contributed by atoms with Gasteiger partial charge >= 0.3 is 0 Å². The molecule has 1 atom stereocenters. The normalized spacial score (nSPS) is 18.8. The van der Waals surface area contributed by atoms with E-state index in [0.717, 1.165) is 39.4 Å². The Balaban J connectivity index is 1.98. The first kappa shape index (κ1) is 17.7. The van der Waals surface area contributed by atoms with E-state index in [1.807, 2.05) is 18.2 Å². The van der Waals surface area contributed by atoms with Crippen LogP contribution in [0, 0.1) is 0 Å². The van der Waals surface area contributed by atoms with Gasteiger partial charge in [-0.25, -0.2) is 0 Å². The summed E-state index contributed by atoms with van der Waals surface area (Å²) in [6.07, 6.45) is 3.49. The fraction of sp³-hybridized carbons (Fsp3) is 0.304. The fourth-order valence-electron chi connectivity index (χ4n) is 4.10. The topological polar surface area (TPSA) is 39.7 Å². The third-order valence-corrected chi connectivity index (χ3v) is 4.99. The minimum absolute atomic E-state index is 0.103. The number of anilines is 1. The van der Waals surface area contributed by atoms with Crippen molar-refractivity contribution < 1.29 is 14.2 Å². The van der Waals surface area contributed by atoms with Gasteiger partial charge in [0.05, 0.1) is 24.8 Å². The van der Waals surface area contributed by atoms with E-state index in [-0.39, 0.29) is 5.54 Å². The number of hydrogen-bond acceptors (Lipinski definition) is 4. The molecule has 0 bridgehead atoms. The first-order valence-electron chi connectivity index (χ1n) is 9.16. The molecular weight excluding hydrogens is 338 g/mol. The predicted molar refractivity (Wildman–Crippen MR) is 109 cm³/mol. The summed E-state index contributed by atoms with van der Waals surface area (Å²) >= 11 is 0. The lowest BCUT2D eigenvalue weighted by Crippen LogP contribution is -2.32. The number of allylic oxidation sites excluding steroid dienone is 1. The zero-order valence-electron chi connectivity index (χ0n) is 16.3. The quantitative estimate of drug-likeness (QED) is 0.722. The van der Waals surface area contributed by atoms with Gasteiger partial charge in [0.25, 0.3) is 0 Å². The maximum Gasteiger partial charge on any atom is 0.228 e. The van der Waals surface area contributed by atoms with E-state index < -0.39 is 6.29 Å². The number of fused-ring (bicyclic) bond motifs is 5. The van der Waals surface area contributed by atoms with E-state index in [1.165, 1.54) is 5.57 Å². The van der Waals surface area contributed by atoms with Crippen LogP contribution < -0.4 is 14.8 Å². The van der Waals surface area contributed by atoms with E-state index >= 15 is 0 Å². The molecule has 140 valence electrons. The molecule has 4 nitrogen and oxygen atoms in total. The maximum absolute atomic E-state index is 6.26. The van der Waals surface area contributed by atoms with Crippen molar-refractivity contribution in [1.82, 2.24) is 0 Å². The number of methoxy groups -OCH3 is 1. The second-order valence-electron chi connectivity index (χ2n) is 7.53. The Kier molecular flexibility index (Phi) is 4.23. The zero-order chi connectivity index (χ0) is 19.2. The summed E-state index contributed by atoms with van der Waals surface area (Å²) in [6.45, 7) is 10.7. The van der Waals surface area contributed by atoms with Crippen LogP contribution >= 0.6 is 0 Å². The SMILES string of the molecule is C=CCOC1Oc2cccc(OC)c2-c2ccc3c(c21)C(C)=CC(C)(C)N3. The molecule has 2 aliphatic rings. The second-order valence-corrected chi connectivity index (χ2v) is 7.53. The van der Waals surface area contributed by atoms with E-state index in [0.29, 0.717) is 6.61 Å². The lowest BCUT2D eigenvalue weighted by molar-refractivity contribution is -0.0740. The van der Waals surface area contributed by atoms with Crippen molar-refractivity contribution in [3.8, 4) is 22.6 Å². The molecule has 2 aliphatic heterocycles. The molecule has 1 N–H and O–H groups in total. The molecule has 2 aromatic rings. The van der Waals surface area contributed by atoms with Gasteiger partial charge in [-0.2, -0.15) is 0 Å². The minimum Gasteiger partial charge on any atom is -0.496 e. The summed E-state index contributed by atoms with van der Waals surface area (Å²) in [5.74, 6) is 1.56. The average Bonchev–Trinajstić information content (AvgIpc) is 2.63. The van der Waals surface area contributed by atoms with Crippen LogP contribution in [0.25, 0.3) is 16.7 Å². The molecule has 2 heterocycles. The third kappa shape index (κ3) is 2.90. The first-order valence-corrected chi connectivity index (χ1v) is 9.16. The lowest BCUT2D eigenvalue weighted by atomic mass is 9.83. The molecular formula is C23H25NO3. The Labute approximate surface area is 160 Å². The van der Waals surface area contributed by atoms with Gasteiger partial charge in [0.15, 0.2) is 0 Å². The molecule has 0 spiro atoms. The average molecular weight is 363 g/mol. The predicted octanol–water partition coefficient (Wildman–Crippen LogP) is 5.56. The number of ether oxygens (including phenoxy) is 3. The van der Waals surface area contributed by atoms with Gasteiger partial charge in [-0.15, -0.1) is 6.58 Å². The van der Waals surface area contributed by atoms with Gasteiger partial charge in [0.2, 0.25) is 6.29 Å². The molecule has 0 aliphatic carbocycles. The Bertz CT molecular complexity index is 943. The highest BCUT2D eigenvalue weighted by molar-refractivity contribution is 5.91. The Hall–Kier alpha value is -2.72. The van der Waals surface area contributed by atoms with Crippen molar-refractivity contribution in [2.24, 2.45) is 0 Å². The van der Waals surface area contributed by atoms with E-state index in [1.54, 1.807) is 13.2 Å². The summed E-state index contributed by atoms with van der Waals surface area (Å²) in [5.41, 5.74) is 6.41. The molecule has 4 heteroatoms. The standard InChI is InChI=1S/C23H25NO3/c1-6-12-26-22-21-15(20-17(25-5)8-7-9-18(20)27-22)10-11-16-19(21)14(2)13-23(3,4)24-16/h6-11,13,22,24H,1,12H2,2-5H3. The van der Waals surface area contributed by atoms with Crippen molar-refractivity contribution in [2.45, 2.75) is 32.6 Å². The number of nitrogens with one attached hydrogen (secondary N) is 1. The van der Waals surface area contributed by atoms with Crippen LogP contribution in [0.3, 0.4) is 0 Å². The highest BCUT2D eigenvalue weighted by Gasteiger charge is 2.35. The van der Waals surface area contributed by atoms with Gasteiger partial charge in [0, 0.05) is 16.8 Å².